The van der Waals surface area contributed by atoms with E-state index >= 15 is 0 Å². The van der Waals surface area contributed by atoms with Crippen LogP contribution in [0.15, 0.2) is 5.16 Å². The van der Waals surface area contributed by atoms with Crippen molar-refractivity contribution in [2.75, 3.05) is 6.54 Å². The van der Waals surface area contributed by atoms with E-state index in [9.17, 15) is 4.79 Å². The maximum absolute atomic E-state index is 11.8. The third-order valence-corrected chi connectivity index (χ3v) is 3.40. The van der Waals surface area contributed by atoms with Crippen LogP contribution in [0.25, 0.3) is 0 Å². The second-order valence-corrected chi connectivity index (χ2v) is 4.69. The molecule has 0 bridgehead atoms. The molecular formula is C11H21N3O2. The van der Waals surface area contributed by atoms with Crippen LogP contribution in [0.5, 0.6) is 0 Å². The maximum Gasteiger partial charge on any atom is 0.223 e. The third kappa shape index (κ3) is 3.12. The lowest BCUT2D eigenvalue weighted by molar-refractivity contribution is -0.125. The van der Waals surface area contributed by atoms with Crippen LogP contribution in [0.3, 0.4) is 0 Å². The molecule has 5 nitrogen and oxygen atoms in total. The Hall–Kier alpha value is -1.26. The van der Waals surface area contributed by atoms with Gasteiger partial charge in [0.2, 0.25) is 5.91 Å². The van der Waals surface area contributed by atoms with Gasteiger partial charge < -0.3 is 16.3 Å². The van der Waals surface area contributed by atoms with Crippen molar-refractivity contribution in [3.63, 3.8) is 0 Å². The molecule has 1 aliphatic rings. The minimum atomic E-state index is -0.134. The Labute approximate surface area is 96.1 Å². The van der Waals surface area contributed by atoms with Gasteiger partial charge in [0, 0.05) is 18.4 Å². The summed E-state index contributed by atoms with van der Waals surface area (Å²) in [4.78, 5) is 11.8. The summed E-state index contributed by atoms with van der Waals surface area (Å²) in [5.41, 5.74) is 5.43. The molecule has 1 rings (SSSR count). The van der Waals surface area contributed by atoms with Crippen LogP contribution in [0.1, 0.15) is 33.1 Å². The molecule has 0 aromatic rings. The zero-order valence-corrected chi connectivity index (χ0v) is 9.94. The van der Waals surface area contributed by atoms with Crippen LogP contribution in [0.2, 0.25) is 0 Å². The lowest BCUT2D eigenvalue weighted by atomic mass is 9.97. The van der Waals surface area contributed by atoms with Gasteiger partial charge in [-0.05, 0) is 18.8 Å². The zero-order chi connectivity index (χ0) is 12.1. The third-order valence-electron chi connectivity index (χ3n) is 3.40. The normalized spacial score (nSPS) is 27.8. The van der Waals surface area contributed by atoms with E-state index in [1.807, 2.05) is 6.92 Å². The van der Waals surface area contributed by atoms with Crippen molar-refractivity contribution < 1.29 is 10.0 Å². The van der Waals surface area contributed by atoms with Gasteiger partial charge in [-0.1, -0.05) is 25.4 Å². The van der Waals surface area contributed by atoms with Crippen LogP contribution in [-0.4, -0.2) is 23.5 Å². The van der Waals surface area contributed by atoms with E-state index in [0.717, 1.165) is 19.3 Å². The molecule has 0 aromatic heterocycles. The Kier molecular flexibility index (Phi) is 4.58. The molecule has 1 amide bonds. The summed E-state index contributed by atoms with van der Waals surface area (Å²) in [5.74, 6) is 0.728. The van der Waals surface area contributed by atoms with Gasteiger partial charge >= 0.3 is 0 Å². The van der Waals surface area contributed by atoms with E-state index in [1.54, 1.807) is 0 Å². The first-order valence-corrected chi connectivity index (χ1v) is 5.81. The molecule has 1 fully saturated rings. The molecule has 3 unspecified atom stereocenters. The maximum atomic E-state index is 11.8. The lowest BCUT2D eigenvalue weighted by Crippen LogP contribution is -2.38. The molecule has 4 N–H and O–H groups in total. The van der Waals surface area contributed by atoms with Crippen molar-refractivity contribution in [3.8, 4) is 0 Å². The van der Waals surface area contributed by atoms with E-state index in [2.05, 4.69) is 17.4 Å². The average molecular weight is 227 g/mol. The van der Waals surface area contributed by atoms with Crippen molar-refractivity contribution in [1.29, 1.82) is 0 Å². The molecule has 0 heterocycles. The first kappa shape index (κ1) is 12.8. The number of rotatable bonds is 4. The van der Waals surface area contributed by atoms with Gasteiger partial charge in [-0.3, -0.25) is 4.79 Å². The molecule has 3 atom stereocenters. The molecule has 0 radical (unpaired) electrons. The van der Waals surface area contributed by atoms with Gasteiger partial charge in [0.1, 0.15) is 5.84 Å². The topological polar surface area (TPSA) is 87.7 Å². The Morgan fingerprint density at radius 1 is 1.62 bits per heavy atom. The highest BCUT2D eigenvalue weighted by Crippen LogP contribution is 2.31. The summed E-state index contributed by atoms with van der Waals surface area (Å²) < 4.78 is 0. The molecule has 5 heteroatoms. The average Bonchev–Trinajstić information content (AvgIpc) is 2.70. The Bertz CT molecular complexity index is 278. The van der Waals surface area contributed by atoms with Crippen molar-refractivity contribution in [2.45, 2.75) is 33.1 Å². The molecule has 92 valence electrons. The Balaban J connectivity index is 2.35. The minimum Gasteiger partial charge on any atom is -0.409 e. The number of amides is 1. The number of nitrogens with one attached hydrogen (secondary N) is 1. The first-order chi connectivity index (χ1) is 7.56. The molecule has 0 spiro atoms. The van der Waals surface area contributed by atoms with E-state index in [-0.39, 0.29) is 23.6 Å². The predicted octanol–water partition coefficient (Wildman–Crippen LogP) is 0.921. The number of nitrogens with two attached hydrogens (primary N) is 1. The molecule has 1 saturated carbocycles. The first-order valence-electron chi connectivity index (χ1n) is 5.81. The zero-order valence-electron chi connectivity index (χ0n) is 9.94. The van der Waals surface area contributed by atoms with Crippen LogP contribution in [0.4, 0.5) is 0 Å². The summed E-state index contributed by atoms with van der Waals surface area (Å²) in [6, 6.07) is 0. The summed E-state index contributed by atoms with van der Waals surface area (Å²) in [6.45, 7) is 4.36. The fourth-order valence-corrected chi connectivity index (χ4v) is 2.12. The summed E-state index contributed by atoms with van der Waals surface area (Å²) in [7, 11) is 0. The molecule has 16 heavy (non-hydrogen) atoms. The monoisotopic (exact) mass is 227 g/mol. The van der Waals surface area contributed by atoms with Gasteiger partial charge in [-0.15, -0.1) is 0 Å². The number of oxime groups is 1. The quantitative estimate of drug-likeness (QED) is 0.289. The van der Waals surface area contributed by atoms with E-state index < -0.39 is 0 Å². The largest absolute Gasteiger partial charge is 0.409 e. The van der Waals surface area contributed by atoms with Gasteiger partial charge in [0.25, 0.3) is 0 Å². The summed E-state index contributed by atoms with van der Waals surface area (Å²) in [6.07, 6.45) is 3.24. The van der Waals surface area contributed by atoms with Crippen LogP contribution in [0, 0.1) is 17.8 Å². The molecule has 0 aliphatic heterocycles. The van der Waals surface area contributed by atoms with Crippen molar-refractivity contribution in [1.82, 2.24) is 5.32 Å². The van der Waals surface area contributed by atoms with E-state index in [0.29, 0.717) is 12.5 Å². The van der Waals surface area contributed by atoms with Gasteiger partial charge in [-0.2, -0.15) is 0 Å². The Morgan fingerprint density at radius 3 is 2.81 bits per heavy atom. The fraction of sp³-hybridized carbons (Fsp3) is 0.818. The number of carbonyl (C=O) groups is 1. The number of amidine groups is 1. The minimum absolute atomic E-state index is 0.0996. The van der Waals surface area contributed by atoms with Gasteiger partial charge in [0.15, 0.2) is 0 Å². The van der Waals surface area contributed by atoms with E-state index in [1.165, 1.54) is 0 Å². The van der Waals surface area contributed by atoms with Crippen molar-refractivity contribution in [3.05, 3.63) is 0 Å². The number of nitrogens with zero attached hydrogens (tertiary/aromatic N) is 1. The molecule has 1 aliphatic carbocycles. The highest BCUT2D eigenvalue weighted by Gasteiger charge is 2.29. The van der Waals surface area contributed by atoms with Crippen LogP contribution >= 0.6 is 0 Å². The SMILES string of the molecule is CC(CNC(=O)C1CCCC1C)C(N)=NO. The van der Waals surface area contributed by atoms with Crippen LogP contribution < -0.4 is 11.1 Å². The highest BCUT2D eigenvalue weighted by atomic mass is 16.4. The van der Waals surface area contributed by atoms with Gasteiger partial charge in [-0.25, -0.2) is 0 Å². The predicted molar refractivity (Wildman–Crippen MR) is 62.1 cm³/mol. The second kappa shape index (κ2) is 5.72. The Morgan fingerprint density at radius 2 is 2.31 bits per heavy atom. The summed E-state index contributed by atoms with van der Waals surface area (Å²) in [5, 5.41) is 14.3. The summed E-state index contributed by atoms with van der Waals surface area (Å²) >= 11 is 0. The number of hydrogen-bond donors (Lipinski definition) is 3. The number of hydrogen-bond acceptors (Lipinski definition) is 3. The molecular weight excluding hydrogens is 206 g/mol. The van der Waals surface area contributed by atoms with Crippen molar-refractivity contribution in [2.24, 2.45) is 28.6 Å². The van der Waals surface area contributed by atoms with Crippen molar-refractivity contribution >= 4 is 11.7 Å². The molecule has 0 aromatic carbocycles. The fourth-order valence-electron chi connectivity index (χ4n) is 2.12. The standard InChI is InChI=1S/C11H21N3O2/c1-7-4-3-5-9(7)11(15)13-6-8(2)10(12)14-16/h7-9,16H,3-6H2,1-2H3,(H2,12,14)(H,13,15). The smallest absolute Gasteiger partial charge is 0.223 e. The van der Waals surface area contributed by atoms with Crippen LogP contribution in [-0.2, 0) is 4.79 Å². The number of carbonyl (C=O) groups excluding carboxylic acids is 1. The second-order valence-electron chi connectivity index (χ2n) is 4.69. The highest BCUT2D eigenvalue weighted by molar-refractivity contribution is 5.83. The molecule has 0 saturated heterocycles. The van der Waals surface area contributed by atoms with Gasteiger partial charge in [0.05, 0.1) is 0 Å². The van der Waals surface area contributed by atoms with E-state index in [4.69, 9.17) is 10.9 Å². The lowest BCUT2D eigenvalue weighted by Gasteiger charge is -2.17.